The van der Waals surface area contributed by atoms with Crippen LogP contribution in [0.5, 0.6) is 11.5 Å². The number of ether oxygens (including phenoxy) is 2. The monoisotopic (exact) mass is 446 g/mol. The summed E-state index contributed by atoms with van der Waals surface area (Å²) in [5.74, 6) is 2.01. The molecule has 3 aromatic rings. The zero-order chi connectivity index (χ0) is 21.7. The third-order valence-electron chi connectivity index (χ3n) is 4.39. The quantitative estimate of drug-likeness (QED) is 0.507. The first-order chi connectivity index (χ1) is 14.4. The summed E-state index contributed by atoms with van der Waals surface area (Å²) in [7, 11) is 3.41. The van der Waals surface area contributed by atoms with E-state index in [1.807, 2.05) is 49.7 Å². The number of para-hydroxylation sites is 2. The normalized spacial score (nSPS) is 11.8. The maximum atomic E-state index is 12.3. The van der Waals surface area contributed by atoms with Crippen molar-refractivity contribution >= 4 is 35.0 Å². The Kier molecular flexibility index (Phi) is 7.23. The summed E-state index contributed by atoms with van der Waals surface area (Å²) < 4.78 is 13.1. The van der Waals surface area contributed by atoms with Crippen molar-refractivity contribution in [2.24, 2.45) is 7.05 Å². The molecule has 0 spiro atoms. The van der Waals surface area contributed by atoms with E-state index in [0.29, 0.717) is 33.2 Å². The van der Waals surface area contributed by atoms with Gasteiger partial charge < -0.3 is 19.4 Å². The first-order valence-corrected chi connectivity index (χ1v) is 10.6. The molecular weight excluding hydrogens is 424 g/mol. The number of halogens is 1. The Balaban J connectivity index is 1.60. The number of nitrogens with one attached hydrogen (secondary N) is 1. The van der Waals surface area contributed by atoms with E-state index in [1.54, 1.807) is 25.3 Å². The molecule has 3 rings (SSSR count). The highest BCUT2D eigenvalue weighted by Crippen LogP contribution is 2.27. The maximum absolute atomic E-state index is 12.3. The lowest BCUT2D eigenvalue weighted by Gasteiger charge is -2.15. The minimum atomic E-state index is -0.320. The van der Waals surface area contributed by atoms with Gasteiger partial charge in [-0.05, 0) is 49.7 Å². The second-order valence-corrected chi connectivity index (χ2v) is 7.96. The Hall–Kier alpha value is -2.71. The van der Waals surface area contributed by atoms with E-state index in [-0.39, 0.29) is 17.8 Å². The highest BCUT2D eigenvalue weighted by atomic mass is 35.5. The van der Waals surface area contributed by atoms with Crippen molar-refractivity contribution in [2.45, 2.75) is 25.1 Å². The SMILES string of the molecule is COc1ccccc1NC(=O)CSc1nnc(C(C)Oc2ccc(Cl)c(C)c2)n1C. The summed E-state index contributed by atoms with van der Waals surface area (Å²) in [5.41, 5.74) is 1.57. The van der Waals surface area contributed by atoms with Crippen LogP contribution in [0.2, 0.25) is 5.02 Å². The van der Waals surface area contributed by atoms with Gasteiger partial charge >= 0.3 is 0 Å². The molecule has 1 atom stereocenters. The predicted molar refractivity (Wildman–Crippen MR) is 119 cm³/mol. The molecule has 30 heavy (non-hydrogen) atoms. The summed E-state index contributed by atoms with van der Waals surface area (Å²) in [5, 5.41) is 12.6. The highest BCUT2D eigenvalue weighted by Gasteiger charge is 2.18. The van der Waals surface area contributed by atoms with E-state index in [9.17, 15) is 4.79 Å². The number of nitrogens with zero attached hydrogens (tertiary/aromatic N) is 3. The molecule has 1 N–H and O–H groups in total. The van der Waals surface area contributed by atoms with Crippen LogP contribution in [0.25, 0.3) is 0 Å². The number of aryl methyl sites for hydroxylation is 1. The van der Waals surface area contributed by atoms with Crippen molar-refractivity contribution in [1.82, 2.24) is 14.8 Å². The molecule has 0 bridgehead atoms. The van der Waals surface area contributed by atoms with E-state index in [2.05, 4.69) is 15.5 Å². The predicted octanol–water partition coefficient (Wildman–Crippen LogP) is 4.66. The van der Waals surface area contributed by atoms with Gasteiger partial charge in [-0.2, -0.15) is 0 Å². The largest absolute Gasteiger partial charge is 0.495 e. The Bertz CT molecular complexity index is 1040. The van der Waals surface area contributed by atoms with Crippen LogP contribution in [0.15, 0.2) is 47.6 Å². The molecular formula is C21H23ClN4O3S. The van der Waals surface area contributed by atoms with Crippen LogP contribution < -0.4 is 14.8 Å². The topological polar surface area (TPSA) is 78.3 Å². The van der Waals surface area contributed by atoms with Crippen molar-refractivity contribution in [1.29, 1.82) is 0 Å². The Labute approximate surface area is 184 Å². The van der Waals surface area contributed by atoms with Gasteiger partial charge in [-0.1, -0.05) is 35.5 Å². The van der Waals surface area contributed by atoms with Crippen LogP contribution >= 0.6 is 23.4 Å². The van der Waals surface area contributed by atoms with Crippen molar-refractivity contribution in [3.63, 3.8) is 0 Å². The van der Waals surface area contributed by atoms with Crippen LogP contribution in [0.1, 0.15) is 24.4 Å². The lowest BCUT2D eigenvalue weighted by atomic mass is 10.2. The number of hydrogen-bond donors (Lipinski definition) is 1. The molecule has 0 saturated carbocycles. The van der Waals surface area contributed by atoms with Crippen molar-refractivity contribution in [3.05, 3.63) is 58.9 Å². The number of carbonyl (C=O) groups is 1. The number of hydrogen-bond acceptors (Lipinski definition) is 6. The molecule has 0 radical (unpaired) electrons. The van der Waals surface area contributed by atoms with Gasteiger partial charge in [0.2, 0.25) is 5.91 Å². The molecule has 1 heterocycles. The van der Waals surface area contributed by atoms with Crippen LogP contribution in [0.3, 0.4) is 0 Å². The average Bonchev–Trinajstić information content (AvgIpc) is 3.10. The van der Waals surface area contributed by atoms with Crippen LogP contribution in [0.4, 0.5) is 5.69 Å². The van der Waals surface area contributed by atoms with E-state index < -0.39 is 0 Å². The second-order valence-electron chi connectivity index (χ2n) is 6.61. The smallest absolute Gasteiger partial charge is 0.234 e. The number of carbonyl (C=O) groups excluding carboxylic acids is 1. The minimum absolute atomic E-state index is 0.157. The van der Waals surface area contributed by atoms with Gasteiger partial charge in [0.05, 0.1) is 18.6 Å². The number of aromatic nitrogens is 3. The third-order valence-corrected chi connectivity index (χ3v) is 5.83. The van der Waals surface area contributed by atoms with Gasteiger partial charge in [-0.15, -0.1) is 10.2 Å². The van der Waals surface area contributed by atoms with E-state index in [0.717, 1.165) is 5.56 Å². The van der Waals surface area contributed by atoms with Crippen LogP contribution in [-0.2, 0) is 11.8 Å². The summed E-state index contributed by atoms with van der Waals surface area (Å²) in [6, 6.07) is 12.8. The molecule has 0 fully saturated rings. The van der Waals surface area contributed by atoms with Gasteiger partial charge in [0.1, 0.15) is 11.5 Å². The number of thioether (sulfide) groups is 1. The Morgan fingerprint density at radius 1 is 1.27 bits per heavy atom. The average molecular weight is 447 g/mol. The summed E-state index contributed by atoms with van der Waals surface area (Å²) in [6.07, 6.45) is -0.320. The van der Waals surface area contributed by atoms with Gasteiger partial charge in [0, 0.05) is 12.1 Å². The Morgan fingerprint density at radius 2 is 2.03 bits per heavy atom. The first-order valence-electron chi connectivity index (χ1n) is 9.26. The van der Waals surface area contributed by atoms with Crippen LogP contribution in [-0.4, -0.2) is 33.5 Å². The van der Waals surface area contributed by atoms with Gasteiger partial charge in [0.25, 0.3) is 0 Å². The summed E-state index contributed by atoms with van der Waals surface area (Å²) in [6.45, 7) is 3.82. The lowest BCUT2D eigenvalue weighted by molar-refractivity contribution is -0.113. The Morgan fingerprint density at radius 3 is 2.77 bits per heavy atom. The number of amides is 1. The fourth-order valence-electron chi connectivity index (χ4n) is 2.82. The standard InChI is InChI=1S/C21H23ClN4O3S/c1-13-11-15(9-10-16(13)22)29-14(2)20-24-25-21(26(20)3)30-12-19(27)23-17-7-5-6-8-18(17)28-4/h5-11,14H,12H2,1-4H3,(H,23,27). The van der Waals surface area contributed by atoms with Gasteiger partial charge in [-0.3, -0.25) is 4.79 Å². The maximum Gasteiger partial charge on any atom is 0.234 e. The molecule has 0 aliphatic rings. The minimum Gasteiger partial charge on any atom is -0.495 e. The lowest BCUT2D eigenvalue weighted by Crippen LogP contribution is -2.15. The van der Waals surface area contributed by atoms with E-state index in [4.69, 9.17) is 21.1 Å². The number of methoxy groups -OCH3 is 1. The summed E-state index contributed by atoms with van der Waals surface area (Å²) in [4.78, 5) is 12.3. The molecule has 2 aromatic carbocycles. The first kappa shape index (κ1) is 22.0. The van der Waals surface area contributed by atoms with Crippen molar-refractivity contribution < 1.29 is 14.3 Å². The molecule has 1 aromatic heterocycles. The zero-order valence-electron chi connectivity index (χ0n) is 17.2. The van der Waals surface area contributed by atoms with Crippen molar-refractivity contribution in [3.8, 4) is 11.5 Å². The molecule has 0 saturated heterocycles. The van der Waals surface area contributed by atoms with Crippen LogP contribution in [0, 0.1) is 6.92 Å². The fourth-order valence-corrected chi connectivity index (χ4v) is 3.65. The molecule has 1 unspecified atom stereocenters. The fraction of sp³-hybridized carbons (Fsp3) is 0.286. The van der Waals surface area contributed by atoms with E-state index >= 15 is 0 Å². The summed E-state index contributed by atoms with van der Waals surface area (Å²) >= 11 is 7.37. The molecule has 9 heteroatoms. The molecule has 1 amide bonds. The molecule has 158 valence electrons. The molecule has 0 aliphatic carbocycles. The third kappa shape index (κ3) is 5.25. The molecule has 7 nitrogen and oxygen atoms in total. The second kappa shape index (κ2) is 9.86. The number of rotatable bonds is 8. The van der Waals surface area contributed by atoms with Gasteiger partial charge in [0.15, 0.2) is 17.1 Å². The van der Waals surface area contributed by atoms with Gasteiger partial charge in [-0.25, -0.2) is 0 Å². The number of benzene rings is 2. The molecule has 0 aliphatic heterocycles. The van der Waals surface area contributed by atoms with Crippen molar-refractivity contribution in [2.75, 3.05) is 18.2 Å². The highest BCUT2D eigenvalue weighted by molar-refractivity contribution is 7.99. The number of anilines is 1. The van der Waals surface area contributed by atoms with E-state index in [1.165, 1.54) is 11.8 Å². The zero-order valence-corrected chi connectivity index (χ0v) is 18.8.